The first-order chi connectivity index (χ1) is 11.8. The van der Waals surface area contributed by atoms with Crippen LogP contribution in [0.3, 0.4) is 0 Å². The maximum atomic E-state index is 11.7. The van der Waals surface area contributed by atoms with Gasteiger partial charge in [-0.2, -0.15) is 0 Å². The molecule has 4 heteroatoms. The fourth-order valence-corrected chi connectivity index (χ4v) is 3.04. The van der Waals surface area contributed by atoms with E-state index in [0.29, 0.717) is 19.4 Å². The van der Waals surface area contributed by atoms with E-state index < -0.39 is 6.04 Å². The zero-order valence-electron chi connectivity index (χ0n) is 14.5. The van der Waals surface area contributed by atoms with Crippen LogP contribution in [-0.4, -0.2) is 24.5 Å². The molecule has 0 saturated carbocycles. The van der Waals surface area contributed by atoms with Gasteiger partial charge in [0.25, 0.3) is 0 Å². The minimum atomic E-state index is -0.415. The first-order valence-electron chi connectivity index (χ1n) is 9.25. The Labute approximate surface area is 145 Å². The Morgan fingerprint density at radius 3 is 2.33 bits per heavy atom. The second-order valence-electron chi connectivity index (χ2n) is 6.54. The summed E-state index contributed by atoms with van der Waals surface area (Å²) in [6.07, 6.45) is 10.5. The summed E-state index contributed by atoms with van der Waals surface area (Å²) in [6, 6.07) is 10.2. The maximum absolute atomic E-state index is 11.7. The number of hydrogen-bond acceptors (Lipinski definition) is 3. The molecule has 1 atom stereocenters. The fourth-order valence-electron chi connectivity index (χ4n) is 3.04. The molecule has 24 heavy (non-hydrogen) atoms. The van der Waals surface area contributed by atoms with Gasteiger partial charge in [0.1, 0.15) is 6.04 Å². The van der Waals surface area contributed by atoms with E-state index in [0.717, 1.165) is 12.8 Å². The van der Waals surface area contributed by atoms with Crippen LogP contribution < -0.4 is 5.32 Å². The normalized spacial score (nSPS) is 16.8. The van der Waals surface area contributed by atoms with Crippen molar-refractivity contribution < 1.29 is 14.3 Å². The average Bonchev–Trinajstić information content (AvgIpc) is 2.99. The highest BCUT2D eigenvalue weighted by molar-refractivity contribution is 5.85. The third kappa shape index (κ3) is 7.16. The van der Waals surface area contributed by atoms with Gasteiger partial charge in [0, 0.05) is 12.8 Å². The van der Waals surface area contributed by atoms with Gasteiger partial charge in [-0.1, -0.05) is 62.4 Å². The fraction of sp³-hybridized carbons (Fsp3) is 0.600. The van der Waals surface area contributed by atoms with Crippen LogP contribution in [0.2, 0.25) is 0 Å². The lowest BCUT2D eigenvalue weighted by molar-refractivity contribution is -0.141. The first kappa shape index (κ1) is 18.5. The molecular formula is C20H29NO3. The van der Waals surface area contributed by atoms with Gasteiger partial charge in [0.15, 0.2) is 0 Å². The summed E-state index contributed by atoms with van der Waals surface area (Å²) in [5, 5.41) is 2.75. The Kier molecular flexibility index (Phi) is 8.36. The maximum Gasteiger partial charge on any atom is 0.328 e. The Bertz CT molecular complexity index is 501. The van der Waals surface area contributed by atoms with Crippen LogP contribution >= 0.6 is 0 Å². The Hall–Kier alpha value is -1.84. The SMILES string of the molecule is O=C(CCCCCCCCCc1ccccc1)N[C@H]1CCOC1=O. The van der Waals surface area contributed by atoms with Crippen molar-refractivity contribution in [3.63, 3.8) is 0 Å². The van der Waals surface area contributed by atoms with Gasteiger partial charge in [-0.15, -0.1) is 0 Å². The van der Waals surface area contributed by atoms with Crippen LogP contribution in [0.15, 0.2) is 30.3 Å². The molecule has 1 fully saturated rings. The summed E-state index contributed by atoms with van der Waals surface area (Å²) in [4.78, 5) is 23.0. The Balaban J connectivity index is 1.39. The number of rotatable bonds is 11. The Morgan fingerprint density at radius 1 is 1.00 bits per heavy atom. The zero-order chi connectivity index (χ0) is 17.0. The lowest BCUT2D eigenvalue weighted by Gasteiger charge is -2.08. The number of cyclic esters (lactones) is 1. The van der Waals surface area contributed by atoms with Crippen molar-refractivity contribution in [2.45, 2.75) is 70.3 Å². The van der Waals surface area contributed by atoms with Gasteiger partial charge >= 0.3 is 5.97 Å². The number of amides is 1. The van der Waals surface area contributed by atoms with E-state index in [9.17, 15) is 9.59 Å². The first-order valence-corrected chi connectivity index (χ1v) is 9.25. The second kappa shape index (κ2) is 10.8. The molecule has 4 nitrogen and oxygen atoms in total. The van der Waals surface area contributed by atoms with Gasteiger partial charge in [0.05, 0.1) is 6.61 Å². The summed E-state index contributed by atoms with van der Waals surface area (Å²) >= 11 is 0. The lowest BCUT2D eigenvalue weighted by atomic mass is 10.0. The number of aryl methyl sites for hydroxylation is 1. The minimum absolute atomic E-state index is 0.0262. The minimum Gasteiger partial charge on any atom is -0.464 e. The molecule has 1 aliphatic rings. The molecule has 0 radical (unpaired) electrons. The van der Waals surface area contributed by atoms with Crippen molar-refractivity contribution in [2.24, 2.45) is 0 Å². The van der Waals surface area contributed by atoms with E-state index in [1.165, 1.54) is 44.1 Å². The van der Waals surface area contributed by atoms with Gasteiger partial charge in [-0.25, -0.2) is 4.79 Å². The summed E-state index contributed by atoms with van der Waals surface area (Å²) < 4.78 is 4.83. The van der Waals surface area contributed by atoms with Crippen LogP contribution in [0.5, 0.6) is 0 Å². The third-order valence-corrected chi connectivity index (χ3v) is 4.48. The van der Waals surface area contributed by atoms with Crippen LogP contribution in [0, 0.1) is 0 Å². The molecule has 1 aliphatic heterocycles. The number of carbonyl (C=O) groups excluding carboxylic acids is 2. The van der Waals surface area contributed by atoms with E-state index >= 15 is 0 Å². The predicted molar refractivity (Wildman–Crippen MR) is 94.6 cm³/mol. The van der Waals surface area contributed by atoms with Crippen molar-refractivity contribution in [3.05, 3.63) is 35.9 Å². The van der Waals surface area contributed by atoms with Gasteiger partial charge in [-0.05, 0) is 24.8 Å². The molecule has 0 spiro atoms. The number of benzene rings is 1. The molecule has 1 heterocycles. The topological polar surface area (TPSA) is 55.4 Å². The summed E-state index contributed by atoms with van der Waals surface area (Å²) in [6.45, 7) is 0.425. The summed E-state index contributed by atoms with van der Waals surface area (Å²) in [5.41, 5.74) is 1.43. The Morgan fingerprint density at radius 2 is 1.67 bits per heavy atom. The highest BCUT2D eigenvalue weighted by Crippen LogP contribution is 2.12. The second-order valence-corrected chi connectivity index (χ2v) is 6.54. The standard InChI is InChI=1S/C20H29NO3/c22-19(21-18-15-16-24-20(18)23)14-10-5-3-1-2-4-7-11-17-12-8-6-9-13-17/h6,8-9,12-13,18H,1-5,7,10-11,14-16H2,(H,21,22)/t18-/m0/s1. The molecule has 0 unspecified atom stereocenters. The molecule has 132 valence electrons. The summed E-state index contributed by atoms with van der Waals surface area (Å²) in [7, 11) is 0. The lowest BCUT2D eigenvalue weighted by Crippen LogP contribution is -2.37. The van der Waals surface area contributed by atoms with Crippen LogP contribution in [0.4, 0.5) is 0 Å². The monoisotopic (exact) mass is 331 g/mol. The van der Waals surface area contributed by atoms with Crippen molar-refractivity contribution in [1.29, 1.82) is 0 Å². The molecule has 1 amide bonds. The van der Waals surface area contributed by atoms with Gasteiger partial charge in [0.2, 0.25) is 5.91 Å². The van der Waals surface area contributed by atoms with Crippen molar-refractivity contribution >= 4 is 11.9 Å². The highest BCUT2D eigenvalue weighted by Gasteiger charge is 2.27. The van der Waals surface area contributed by atoms with E-state index in [1.54, 1.807) is 0 Å². The molecular weight excluding hydrogens is 302 g/mol. The molecule has 1 aromatic rings. The average molecular weight is 331 g/mol. The predicted octanol–water partition coefficient (Wildman–Crippen LogP) is 3.78. The number of hydrogen-bond donors (Lipinski definition) is 1. The molecule has 0 aliphatic carbocycles. The van der Waals surface area contributed by atoms with Crippen molar-refractivity contribution in [2.75, 3.05) is 6.61 Å². The van der Waals surface area contributed by atoms with E-state index in [-0.39, 0.29) is 11.9 Å². The van der Waals surface area contributed by atoms with Gasteiger partial charge < -0.3 is 10.1 Å². The van der Waals surface area contributed by atoms with Crippen molar-refractivity contribution in [3.8, 4) is 0 Å². The number of unbranched alkanes of at least 4 members (excludes halogenated alkanes) is 6. The molecule has 0 bridgehead atoms. The number of ether oxygens (including phenoxy) is 1. The smallest absolute Gasteiger partial charge is 0.328 e. The molecule has 1 saturated heterocycles. The van der Waals surface area contributed by atoms with E-state index in [1.807, 2.05) is 0 Å². The number of carbonyl (C=O) groups is 2. The van der Waals surface area contributed by atoms with Gasteiger partial charge in [-0.3, -0.25) is 4.79 Å². The summed E-state index contributed by atoms with van der Waals surface area (Å²) in [5.74, 6) is -0.319. The molecule has 2 rings (SSSR count). The quantitative estimate of drug-likeness (QED) is 0.496. The molecule has 1 N–H and O–H groups in total. The number of nitrogens with one attached hydrogen (secondary N) is 1. The highest BCUT2D eigenvalue weighted by atomic mass is 16.5. The number of esters is 1. The molecule has 0 aromatic heterocycles. The van der Waals surface area contributed by atoms with Crippen LogP contribution in [-0.2, 0) is 20.7 Å². The van der Waals surface area contributed by atoms with Crippen LogP contribution in [0.1, 0.15) is 63.4 Å². The van der Waals surface area contributed by atoms with Crippen LogP contribution in [0.25, 0.3) is 0 Å². The zero-order valence-corrected chi connectivity index (χ0v) is 14.5. The largest absolute Gasteiger partial charge is 0.464 e. The van der Waals surface area contributed by atoms with Crippen molar-refractivity contribution in [1.82, 2.24) is 5.32 Å². The van der Waals surface area contributed by atoms with E-state index in [4.69, 9.17) is 4.74 Å². The van der Waals surface area contributed by atoms with E-state index in [2.05, 4.69) is 35.6 Å². The molecule has 1 aromatic carbocycles. The third-order valence-electron chi connectivity index (χ3n) is 4.48.